The molecule has 0 heterocycles. The lowest BCUT2D eigenvalue weighted by Gasteiger charge is -2.33. The normalized spacial score (nSPS) is 13.2. The van der Waals surface area contributed by atoms with Gasteiger partial charge in [0.15, 0.2) is 11.5 Å². The Bertz CT molecular complexity index is 812. The van der Waals surface area contributed by atoms with Gasteiger partial charge in [0.1, 0.15) is 6.61 Å². The summed E-state index contributed by atoms with van der Waals surface area (Å²) in [4.78, 5) is 2.26. The van der Waals surface area contributed by atoms with Gasteiger partial charge in [0.25, 0.3) is 0 Å². The first-order valence-electron chi connectivity index (χ1n) is 10.4. The standard InChI is InChI=1S/C25H34N2O2/c1-20(2)25(19-26,22-12-7-6-11-21(22)3)15-10-16-27(4)17-18-29-24-14-9-8-13-23(24)28-5/h6-9,11-14,20H,10,15-18H2,1-5H3. The lowest BCUT2D eigenvalue weighted by atomic mass is 9.68. The van der Waals surface area contributed by atoms with Crippen LogP contribution in [0.25, 0.3) is 0 Å². The predicted octanol–water partition coefficient (Wildman–Crippen LogP) is 5.21. The van der Waals surface area contributed by atoms with E-state index in [4.69, 9.17) is 9.47 Å². The molecule has 0 spiro atoms. The summed E-state index contributed by atoms with van der Waals surface area (Å²) in [7, 11) is 3.75. The predicted molar refractivity (Wildman–Crippen MR) is 119 cm³/mol. The molecule has 0 aliphatic rings. The van der Waals surface area contributed by atoms with Gasteiger partial charge in [-0.2, -0.15) is 5.26 Å². The number of rotatable bonds is 11. The Morgan fingerprint density at radius 3 is 2.31 bits per heavy atom. The van der Waals surface area contributed by atoms with Crippen LogP contribution in [-0.4, -0.2) is 38.8 Å². The topological polar surface area (TPSA) is 45.5 Å². The number of methoxy groups -OCH3 is 1. The molecular formula is C25H34N2O2. The Morgan fingerprint density at radius 1 is 1.03 bits per heavy atom. The minimum absolute atomic E-state index is 0.257. The fraction of sp³-hybridized carbons (Fsp3) is 0.480. The zero-order valence-electron chi connectivity index (χ0n) is 18.4. The lowest BCUT2D eigenvalue weighted by Crippen LogP contribution is -2.33. The number of para-hydroxylation sites is 2. The van der Waals surface area contributed by atoms with Crippen molar-refractivity contribution in [1.29, 1.82) is 5.26 Å². The fourth-order valence-electron chi connectivity index (χ4n) is 3.84. The molecule has 0 bridgehead atoms. The Morgan fingerprint density at radius 2 is 1.69 bits per heavy atom. The van der Waals surface area contributed by atoms with Gasteiger partial charge in [-0.25, -0.2) is 0 Å². The molecule has 4 nitrogen and oxygen atoms in total. The van der Waals surface area contributed by atoms with Crippen molar-refractivity contribution in [3.8, 4) is 17.6 Å². The number of nitriles is 1. The first-order chi connectivity index (χ1) is 13.9. The number of hydrogen-bond acceptors (Lipinski definition) is 4. The molecule has 4 heteroatoms. The highest BCUT2D eigenvalue weighted by Gasteiger charge is 2.36. The molecule has 2 aromatic carbocycles. The second kappa shape index (κ2) is 10.9. The Labute approximate surface area is 176 Å². The molecule has 156 valence electrons. The smallest absolute Gasteiger partial charge is 0.161 e. The molecule has 0 aliphatic heterocycles. The van der Waals surface area contributed by atoms with Gasteiger partial charge < -0.3 is 14.4 Å². The summed E-state index contributed by atoms with van der Waals surface area (Å²) in [5.74, 6) is 1.78. The highest BCUT2D eigenvalue weighted by atomic mass is 16.5. The van der Waals surface area contributed by atoms with Crippen LogP contribution in [0.15, 0.2) is 48.5 Å². The first-order valence-corrected chi connectivity index (χ1v) is 10.4. The number of nitrogens with zero attached hydrogens (tertiary/aromatic N) is 2. The van der Waals surface area contributed by atoms with Crippen molar-refractivity contribution in [3.05, 3.63) is 59.7 Å². The van der Waals surface area contributed by atoms with Crippen LogP contribution in [0.5, 0.6) is 11.5 Å². The van der Waals surface area contributed by atoms with Crippen molar-refractivity contribution in [1.82, 2.24) is 4.90 Å². The molecule has 0 saturated carbocycles. The molecular weight excluding hydrogens is 360 g/mol. The number of benzene rings is 2. The molecule has 0 N–H and O–H groups in total. The van der Waals surface area contributed by atoms with E-state index in [1.54, 1.807) is 7.11 Å². The Kier molecular flexibility index (Phi) is 8.54. The average Bonchev–Trinajstić information content (AvgIpc) is 2.72. The third-order valence-electron chi connectivity index (χ3n) is 5.72. The number of hydrogen-bond donors (Lipinski definition) is 0. The van der Waals surface area contributed by atoms with E-state index in [1.165, 1.54) is 11.1 Å². The van der Waals surface area contributed by atoms with Crippen molar-refractivity contribution in [2.75, 3.05) is 33.9 Å². The molecule has 0 aromatic heterocycles. The van der Waals surface area contributed by atoms with Crippen LogP contribution in [0, 0.1) is 24.2 Å². The molecule has 0 saturated heterocycles. The van der Waals surface area contributed by atoms with Crippen molar-refractivity contribution >= 4 is 0 Å². The number of aryl methyl sites for hydroxylation is 1. The molecule has 0 fully saturated rings. The van der Waals surface area contributed by atoms with E-state index in [0.29, 0.717) is 6.61 Å². The third kappa shape index (κ3) is 5.74. The highest BCUT2D eigenvalue weighted by Crippen LogP contribution is 2.38. The highest BCUT2D eigenvalue weighted by molar-refractivity contribution is 5.40. The Balaban J connectivity index is 1.89. The second-order valence-electron chi connectivity index (χ2n) is 7.96. The van der Waals surface area contributed by atoms with E-state index in [0.717, 1.165) is 37.4 Å². The summed E-state index contributed by atoms with van der Waals surface area (Å²) in [6, 6.07) is 18.7. The van der Waals surface area contributed by atoms with Gasteiger partial charge in [-0.1, -0.05) is 50.2 Å². The van der Waals surface area contributed by atoms with Crippen LogP contribution in [0.1, 0.15) is 37.8 Å². The summed E-state index contributed by atoms with van der Waals surface area (Å²) in [5, 5.41) is 10.1. The summed E-state index contributed by atoms with van der Waals surface area (Å²) in [5.41, 5.74) is 1.92. The van der Waals surface area contributed by atoms with Gasteiger partial charge in [-0.15, -0.1) is 0 Å². The van der Waals surface area contributed by atoms with Crippen molar-refractivity contribution in [2.24, 2.45) is 5.92 Å². The lowest BCUT2D eigenvalue weighted by molar-refractivity contribution is 0.222. The van der Waals surface area contributed by atoms with Gasteiger partial charge in [0.05, 0.1) is 18.6 Å². The summed E-state index contributed by atoms with van der Waals surface area (Å²) in [6.07, 6.45) is 1.81. The van der Waals surface area contributed by atoms with E-state index in [2.05, 4.69) is 50.9 Å². The zero-order valence-corrected chi connectivity index (χ0v) is 18.4. The molecule has 2 rings (SSSR count). The summed E-state index contributed by atoms with van der Waals surface area (Å²) in [6.45, 7) is 8.76. The number of ether oxygens (including phenoxy) is 2. The fourth-order valence-corrected chi connectivity index (χ4v) is 3.84. The van der Waals surface area contributed by atoms with Crippen LogP contribution >= 0.6 is 0 Å². The van der Waals surface area contributed by atoms with Crippen molar-refractivity contribution in [3.63, 3.8) is 0 Å². The molecule has 0 amide bonds. The Hall–Kier alpha value is -2.51. The maximum atomic E-state index is 10.1. The maximum Gasteiger partial charge on any atom is 0.161 e. The van der Waals surface area contributed by atoms with Crippen molar-refractivity contribution in [2.45, 2.75) is 39.0 Å². The van der Waals surface area contributed by atoms with Crippen LogP contribution < -0.4 is 9.47 Å². The third-order valence-corrected chi connectivity index (χ3v) is 5.72. The SMILES string of the molecule is COc1ccccc1OCCN(C)CCCC(C#N)(c1ccccc1C)C(C)C. The molecule has 29 heavy (non-hydrogen) atoms. The molecule has 1 atom stereocenters. The van der Waals surface area contributed by atoms with Crippen molar-refractivity contribution < 1.29 is 9.47 Å². The van der Waals surface area contributed by atoms with E-state index in [-0.39, 0.29) is 5.92 Å². The monoisotopic (exact) mass is 394 g/mol. The van der Waals surface area contributed by atoms with E-state index >= 15 is 0 Å². The van der Waals surface area contributed by atoms with Gasteiger partial charge >= 0.3 is 0 Å². The molecule has 0 radical (unpaired) electrons. The second-order valence-corrected chi connectivity index (χ2v) is 7.96. The van der Waals surface area contributed by atoms with Crippen LogP contribution in [0.4, 0.5) is 0 Å². The largest absolute Gasteiger partial charge is 0.493 e. The maximum absolute atomic E-state index is 10.1. The van der Waals surface area contributed by atoms with E-state index in [9.17, 15) is 5.26 Å². The van der Waals surface area contributed by atoms with Gasteiger partial charge in [-0.05, 0) is 62.5 Å². The van der Waals surface area contributed by atoms with Crippen LogP contribution in [0.3, 0.4) is 0 Å². The number of likely N-dealkylation sites (N-methyl/N-ethyl adjacent to an activating group) is 1. The van der Waals surface area contributed by atoms with Gasteiger partial charge in [-0.3, -0.25) is 0 Å². The van der Waals surface area contributed by atoms with Gasteiger partial charge in [0.2, 0.25) is 0 Å². The quantitative estimate of drug-likeness (QED) is 0.525. The molecule has 1 unspecified atom stereocenters. The van der Waals surface area contributed by atoms with Gasteiger partial charge in [0, 0.05) is 6.54 Å². The first kappa shape index (κ1) is 22.8. The summed E-state index contributed by atoms with van der Waals surface area (Å²) < 4.78 is 11.2. The molecule has 2 aromatic rings. The van der Waals surface area contributed by atoms with E-state index in [1.807, 2.05) is 36.4 Å². The van der Waals surface area contributed by atoms with Crippen LogP contribution in [-0.2, 0) is 5.41 Å². The zero-order chi connectivity index (χ0) is 21.3. The van der Waals surface area contributed by atoms with E-state index < -0.39 is 5.41 Å². The minimum atomic E-state index is -0.444. The summed E-state index contributed by atoms with van der Waals surface area (Å²) >= 11 is 0. The average molecular weight is 395 g/mol. The van der Waals surface area contributed by atoms with Crippen LogP contribution in [0.2, 0.25) is 0 Å². The molecule has 0 aliphatic carbocycles. The minimum Gasteiger partial charge on any atom is -0.493 e.